The molecule has 0 saturated carbocycles. The summed E-state index contributed by atoms with van der Waals surface area (Å²) in [6.07, 6.45) is 3.06. The highest BCUT2D eigenvalue weighted by Crippen LogP contribution is 2.01. The maximum atomic E-state index is 11.2. The highest BCUT2D eigenvalue weighted by atomic mass is 16.3. The molecule has 0 bridgehead atoms. The monoisotopic (exact) mass is 183 g/mol. The standard InChI is InChI=1S/C8H13N3O2/c1-3-11(8(12)9-2)6-7-10-4-5-13-7/h4-5H,3,6H2,1-2H3,(H,9,12). The minimum Gasteiger partial charge on any atom is -0.447 e. The lowest BCUT2D eigenvalue weighted by molar-refractivity contribution is 0.194. The summed E-state index contributed by atoms with van der Waals surface area (Å²) < 4.78 is 5.03. The number of nitrogens with zero attached hydrogens (tertiary/aromatic N) is 2. The normalized spacial score (nSPS) is 9.69. The van der Waals surface area contributed by atoms with E-state index in [1.807, 2.05) is 6.92 Å². The van der Waals surface area contributed by atoms with Crippen LogP contribution in [0.2, 0.25) is 0 Å². The van der Waals surface area contributed by atoms with Gasteiger partial charge in [0.05, 0.1) is 12.7 Å². The lowest BCUT2D eigenvalue weighted by Gasteiger charge is -2.17. The van der Waals surface area contributed by atoms with E-state index in [1.54, 1.807) is 18.1 Å². The van der Waals surface area contributed by atoms with Crippen molar-refractivity contribution in [2.75, 3.05) is 13.6 Å². The zero-order valence-electron chi connectivity index (χ0n) is 7.78. The summed E-state index contributed by atoms with van der Waals surface area (Å²) in [6.45, 7) is 2.93. The molecule has 5 heteroatoms. The van der Waals surface area contributed by atoms with Gasteiger partial charge < -0.3 is 14.6 Å². The summed E-state index contributed by atoms with van der Waals surface area (Å²) in [5, 5.41) is 2.55. The number of rotatable bonds is 3. The third kappa shape index (κ3) is 2.47. The Hall–Kier alpha value is -1.52. The zero-order chi connectivity index (χ0) is 9.68. The van der Waals surface area contributed by atoms with Crippen LogP contribution in [0.4, 0.5) is 4.79 Å². The van der Waals surface area contributed by atoms with Crippen molar-refractivity contribution in [1.82, 2.24) is 15.2 Å². The van der Waals surface area contributed by atoms with E-state index in [-0.39, 0.29) is 6.03 Å². The van der Waals surface area contributed by atoms with Crippen molar-refractivity contribution in [3.8, 4) is 0 Å². The van der Waals surface area contributed by atoms with E-state index in [4.69, 9.17) is 4.42 Å². The number of hydrogen-bond acceptors (Lipinski definition) is 3. The van der Waals surface area contributed by atoms with E-state index in [1.165, 1.54) is 6.26 Å². The maximum Gasteiger partial charge on any atom is 0.317 e. The van der Waals surface area contributed by atoms with E-state index < -0.39 is 0 Å². The van der Waals surface area contributed by atoms with Gasteiger partial charge in [0.25, 0.3) is 0 Å². The van der Waals surface area contributed by atoms with Crippen molar-refractivity contribution in [3.05, 3.63) is 18.4 Å². The largest absolute Gasteiger partial charge is 0.447 e. The summed E-state index contributed by atoms with van der Waals surface area (Å²) in [5.41, 5.74) is 0. The van der Waals surface area contributed by atoms with Gasteiger partial charge in [-0.1, -0.05) is 0 Å². The van der Waals surface area contributed by atoms with Crippen LogP contribution >= 0.6 is 0 Å². The Bertz CT molecular complexity index is 258. The van der Waals surface area contributed by atoms with Crippen molar-refractivity contribution in [2.45, 2.75) is 13.5 Å². The third-order valence-electron chi connectivity index (χ3n) is 1.69. The number of urea groups is 1. The van der Waals surface area contributed by atoms with Crippen LogP contribution in [0.5, 0.6) is 0 Å². The number of hydrogen-bond donors (Lipinski definition) is 1. The van der Waals surface area contributed by atoms with Gasteiger partial charge >= 0.3 is 6.03 Å². The van der Waals surface area contributed by atoms with Crippen LogP contribution in [-0.2, 0) is 6.54 Å². The number of oxazole rings is 1. The number of carbonyl (C=O) groups is 1. The minimum absolute atomic E-state index is 0.124. The molecule has 0 fully saturated rings. The second-order valence-corrected chi connectivity index (χ2v) is 2.50. The van der Waals surface area contributed by atoms with Gasteiger partial charge in [-0.3, -0.25) is 0 Å². The van der Waals surface area contributed by atoms with Crippen molar-refractivity contribution < 1.29 is 9.21 Å². The van der Waals surface area contributed by atoms with Crippen LogP contribution in [0.3, 0.4) is 0 Å². The Morgan fingerprint density at radius 1 is 1.77 bits per heavy atom. The fourth-order valence-electron chi connectivity index (χ4n) is 0.980. The smallest absolute Gasteiger partial charge is 0.317 e. The van der Waals surface area contributed by atoms with Crippen LogP contribution < -0.4 is 5.32 Å². The molecule has 5 nitrogen and oxygen atoms in total. The van der Waals surface area contributed by atoms with E-state index in [0.29, 0.717) is 19.0 Å². The Balaban J connectivity index is 2.54. The lowest BCUT2D eigenvalue weighted by Crippen LogP contribution is -2.37. The number of amides is 2. The van der Waals surface area contributed by atoms with E-state index in [2.05, 4.69) is 10.3 Å². The molecule has 72 valence electrons. The van der Waals surface area contributed by atoms with Crippen LogP contribution in [0.1, 0.15) is 12.8 Å². The third-order valence-corrected chi connectivity index (χ3v) is 1.69. The molecule has 1 heterocycles. The first-order chi connectivity index (χ1) is 6.27. The Morgan fingerprint density at radius 2 is 2.54 bits per heavy atom. The molecule has 1 N–H and O–H groups in total. The fourth-order valence-corrected chi connectivity index (χ4v) is 0.980. The average Bonchev–Trinajstić information content (AvgIpc) is 2.65. The molecule has 0 unspecified atom stereocenters. The number of carbonyl (C=O) groups excluding carboxylic acids is 1. The molecule has 0 atom stereocenters. The van der Waals surface area contributed by atoms with Gasteiger partial charge in [-0.05, 0) is 6.92 Å². The highest BCUT2D eigenvalue weighted by Gasteiger charge is 2.11. The van der Waals surface area contributed by atoms with Gasteiger partial charge in [-0.15, -0.1) is 0 Å². The molecule has 13 heavy (non-hydrogen) atoms. The van der Waals surface area contributed by atoms with Gasteiger partial charge in [0.1, 0.15) is 6.26 Å². The first-order valence-corrected chi connectivity index (χ1v) is 4.13. The molecule has 2 amide bonds. The number of nitrogens with one attached hydrogen (secondary N) is 1. The Kier molecular flexibility index (Phi) is 3.31. The number of aromatic nitrogens is 1. The van der Waals surface area contributed by atoms with E-state index in [9.17, 15) is 4.79 Å². The topological polar surface area (TPSA) is 58.4 Å². The predicted octanol–water partition coefficient (Wildman–Crippen LogP) is 0.836. The quantitative estimate of drug-likeness (QED) is 0.755. The molecule has 0 aliphatic heterocycles. The summed E-state index contributed by atoms with van der Waals surface area (Å²) in [4.78, 5) is 16.7. The Labute approximate surface area is 76.7 Å². The van der Waals surface area contributed by atoms with Gasteiger partial charge in [-0.25, -0.2) is 9.78 Å². The fraction of sp³-hybridized carbons (Fsp3) is 0.500. The molecule has 0 aliphatic rings. The Morgan fingerprint density at radius 3 is 3.00 bits per heavy atom. The molecule has 0 aromatic carbocycles. The molecule has 1 aromatic heterocycles. The average molecular weight is 183 g/mol. The van der Waals surface area contributed by atoms with Crippen LogP contribution in [0.25, 0.3) is 0 Å². The molecular formula is C8H13N3O2. The van der Waals surface area contributed by atoms with Gasteiger partial charge in [-0.2, -0.15) is 0 Å². The van der Waals surface area contributed by atoms with Crippen LogP contribution in [0.15, 0.2) is 16.9 Å². The summed E-state index contributed by atoms with van der Waals surface area (Å²) in [7, 11) is 1.60. The molecular weight excluding hydrogens is 170 g/mol. The second-order valence-electron chi connectivity index (χ2n) is 2.50. The summed E-state index contributed by atoms with van der Waals surface area (Å²) in [6, 6.07) is -0.124. The van der Waals surface area contributed by atoms with E-state index in [0.717, 1.165) is 0 Å². The molecule has 0 saturated heterocycles. The predicted molar refractivity (Wildman–Crippen MR) is 47.0 cm³/mol. The summed E-state index contributed by atoms with van der Waals surface area (Å²) >= 11 is 0. The first kappa shape index (κ1) is 9.57. The molecule has 1 aromatic rings. The van der Waals surface area contributed by atoms with Crippen molar-refractivity contribution in [3.63, 3.8) is 0 Å². The van der Waals surface area contributed by atoms with Gasteiger partial charge in [0.2, 0.25) is 5.89 Å². The molecule has 1 rings (SSSR count). The molecule has 0 spiro atoms. The molecule has 0 radical (unpaired) electrons. The van der Waals surface area contributed by atoms with Crippen LogP contribution in [0, 0.1) is 0 Å². The van der Waals surface area contributed by atoms with Crippen molar-refractivity contribution >= 4 is 6.03 Å². The summed E-state index contributed by atoms with van der Waals surface area (Å²) in [5.74, 6) is 0.547. The van der Waals surface area contributed by atoms with Crippen molar-refractivity contribution in [1.29, 1.82) is 0 Å². The second kappa shape index (κ2) is 4.49. The maximum absolute atomic E-state index is 11.2. The van der Waals surface area contributed by atoms with Crippen LogP contribution in [-0.4, -0.2) is 29.5 Å². The van der Waals surface area contributed by atoms with E-state index >= 15 is 0 Å². The highest BCUT2D eigenvalue weighted by molar-refractivity contribution is 5.73. The zero-order valence-corrected chi connectivity index (χ0v) is 7.78. The van der Waals surface area contributed by atoms with Gasteiger partial charge in [0, 0.05) is 13.6 Å². The molecule has 0 aliphatic carbocycles. The first-order valence-electron chi connectivity index (χ1n) is 4.13. The van der Waals surface area contributed by atoms with Gasteiger partial charge in [0.15, 0.2) is 0 Å². The lowest BCUT2D eigenvalue weighted by atomic mass is 10.5. The minimum atomic E-state index is -0.124. The van der Waals surface area contributed by atoms with Crippen molar-refractivity contribution in [2.24, 2.45) is 0 Å². The SMILES string of the molecule is CCN(Cc1ncco1)C(=O)NC.